The number of ether oxygens (including phenoxy) is 4. The van der Waals surface area contributed by atoms with Gasteiger partial charge in [0.2, 0.25) is 0 Å². The normalized spacial score (nSPS) is 28.7. The number of hydrogen-bond acceptors (Lipinski definition) is 8. The molecule has 0 aromatic heterocycles. The van der Waals surface area contributed by atoms with Crippen LogP contribution in [0.15, 0.2) is 115 Å². The summed E-state index contributed by atoms with van der Waals surface area (Å²) in [5.74, 6) is -2.29. The van der Waals surface area contributed by atoms with Gasteiger partial charge in [0.05, 0.1) is 27.2 Å². The highest BCUT2D eigenvalue weighted by Crippen LogP contribution is 2.62. The Morgan fingerprint density at radius 1 is 0.575 bits per heavy atom. The fourth-order valence-electron chi connectivity index (χ4n) is 13.4. The van der Waals surface area contributed by atoms with Crippen molar-refractivity contribution in [2.75, 3.05) is 13.2 Å². The van der Waals surface area contributed by atoms with Gasteiger partial charge in [0, 0.05) is 20.5 Å². The highest BCUT2D eigenvalue weighted by atomic mass is 28.3. The molecule has 6 aliphatic rings. The van der Waals surface area contributed by atoms with Gasteiger partial charge >= 0.3 is 24.1 Å². The predicted octanol–water partition coefficient (Wildman–Crippen LogP) is 12.8. The van der Waals surface area contributed by atoms with E-state index >= 15 is 8.78 Å². The maximum Gasteiger partial charge on any atom is 0.408 e. The molecular weight excluding hydrogens is 959 g/mol. The van der Waals surface area contributed by atoms with Crippen molar-refractivity contribution in [3.63, 3.8) is 0 Å². The van der Waals surface area contributed by atoms with Crippen molar-refractivity contribution in [3.8, 4) is 0 Å². The minimum Gasteiger partial charge on any atom is -0.452 e. The van der Waals surface area contributed by atoms with E-state index in [0.29, 0.717) is 51.2 Å². The number of hydrogen-bond donors (Lipinski definition) is 2. The van der Waals surface area contributed by atoms with Gasteiger partial charge in [-0.25, -0.2) is 23.2 Å². The zero-order valence-electron chi connectivity index (χ0n) is 43.2. The number of carbonyl (C=O) groups is 4. The predicted molar refractivity (Wildman–Crippen MR) is 283 cm³/mol. The van der Waals surface area contributed by atoms with Gasteiger partial charge in [-0.1, -0.05) is 154 Å². The first kappa shape index (κ1) is 52.5. The van der Waals surface area contributed by atoms with Crippen molar-refractivity contribution in [2.24, 2.45) is 29.6 Å². The molecule has 0 spiro atoms. The molecule has 1 unspecified atom stereocenters. The number of amides is 2. The van der Waals surface area contributed by atoms with E-state index < -0.39 is 87.1 Å². The average Bonchev–Trinajstić information content (AvgIpc) is 3.33. The van der Waals surface area contributed by atoms with Crippen molar-refractivity contribution < 1.29 is 46.9 Å². The van der Waals surface area contributed by atoms with Crippen LogP contribution in [0.4, 0.5) is 18.4 Å². The quantitative estimate of drug-likeness (QED) is 0.0573. The van der Waals surface area contributed by atoms with Gasteiger partial charge in [-0.2, -0.15) is 0 Å². The van der Waals surface area contributed by atoms with E-state index in [9.17, 15) is 19.2 Å². The third-order valence-electron chi connectivity index (χ3n) is 16.6. The first-order valence-corrected chi connectivity index (χ1v) is 33.8. The molecule has 10 rings (SSSR count). The lowest BCUT2D eigenvalue weighted by atomic mass is 9.47. The van der Waals surface area contributed by atoms with E-state index in [-0.39, 0.29) is 50.2 Å². The number of rotatable bonds is 18. The third kappa shape index (κ3) is 12.6. The number of nitrogens with one attached hydrogen (secondary N) is 2. The summed E-state index contributed by atoms with van der Waals surface area (Å²) in [6, 6.07) is 38.8. The zero-order valence-corrected chi connectivity index (χ0v) is 45.2. The molecule has 6 fully saturated rings. The van der Waals surface area contributed by atoms with Crippen LogP contribution in [0.2, 0.25) is 44.8 Å². The summed E-state index contributed by atoms with van der Waals surface area (Å²) in [6.07, 6.45) is 1.25. The summed E-state index contributed by atoms with van der Waals surface area (Å²) >= 11 is 0. The molecule has 0 aliphatic heterocycles. The standard InChI is InChI=1S/C59H74F2N2O8Si2/c1-72(2,3)27-25-68-55(66)62-50-32-41-29-47(35-57(60,33-41)38-50)53(64)70-51(43-15-9-6-10-16-43)46-23-21-40(22-24-46)39-73(4,5)28-26-69-56(67)63-59(48-30-42-31-49(59)37-58(61,34-42)36-48)54(65)71-52(44-17-11-7-12-18-44)45-19-13-8-14-20-45/h6-24,41-42,47-52H,25-39H2,1-5H3,(H,62,66)(H,63,67)/t41-,42-,47-,48-,49+,50+,51?,57-,58-,59-/m1/s1. The van der Waals surface area contributed by atoms with Gasteiger partial charge in [0.1, 0.15) is 16.9 Å². The monoisotopic (exact) mass is 1030 g/mol. The number of fused-ring (bicyclic) bond motifs is 2. The lowest BCUT2D eigenvalue weighted by Gasteiger charge is -2.61. The summed E-state index contributed by atoms with van der Waals surface area (Å²) in [4.78, 5) is 55.4. The molecule has 6 bridgehead atoms. The molecule has 0 saturated heterocycles. The maximum atomic E-state index is 16.5. The molecule has 14 heteroatoms. The Balaban J connectivity index is 0.813. The Morgan fingerprint density at radius 3 is 1.60 bits per heavy atom. The number of benzene rings is 4. The average molecular weight is 1030 g/mol. The van der Waals surface area contributed by atoms with Crippen LogP contribution in [0, 0.1) is 29.6 Å². The molecule has 6 saturated carbocycles. The summed E-state index contributed by atoms with van der Waals surface area (Å²) in [5.41, 5.74) is -0.0147. The molecular formula is C59H74F2N2O8Si2. The highest BCUT2D eigenvalue weighted by Gasteiger charge is 2.67. The molecule has 2 N–H and O–H groups in total. The van der Waals surface area contributed by atoms with Gasteiger partial charge in [-0.15, -0.1) is 0 Å². The summed E-state index contributed by atoms with van der Waals surface area (Å²) in [7, 11) is -3.40. The Morgan fingerprint density at radius 2 is 1.07 bits per heavy atom. The Hall–Kier alpha value is -5.35. The number of esters is 2. The van der Waals surface area contributed by atoms with Crippen LogP contribution in [0.3, 0.4) is 0 Å². The molecule has 4 aromatic rings. The molecule has 6 aliphatic carbocycles. The Kier molecular flexibility index (Phi) is 15.5. The first-order chi connectivity index (χ1) is 34.8. The van der Waals surface area contributed by atoms with E-state index in [2.05, 4.69) is 55.5 Å². The molecule has 2 amide bonds. The minimum absolute atomic E-state index is 0.0509. The van der Waals surface area contributed by atoms with Crippen LogP contribution in [0.5, 0.6) is 0 Å². The maximum absolute atomic E-state index is 16.5. The van der Waals surface area contributed by atoms with Crippen LogP contribution in [-0.4, -0.2) is 76.4 Å². The Bertz CT molecular complexity index is 2510. The van der Waals surface area contributed by atoms with E-state index in [1.165, 1.54) is 0 Å². The van der Waals surface area contributed by atoms with E-state index in [1.807, 2.05) is 103 Å². The SMILES string of the molecule is C[Si](C)(C)CCOC(=O)N[C@H]1C[C@H]2C[C@@H](C(=O)OC(c3ccccc3)c3ccc(C[Si](C)(C)CCOC(=O)N[C@]4(C(=O)OC(c5ccccc5)c5ccccc5)[C@@H]5C[C@@H]6C[C@H]4C[C@@](F)(C6)C5)cc3)C[C@](F)(C2)C1. The van der Waals surface area contributed by atoms with Crippen LogP contribution < -0.4 is 10.6 Å². The fourth-order valence-corrected chi connectivity index (χ4v) is 16.3. The molecule has 73 heavy (non-hydrogen) atoms. The molecule has 390 valence electrons. The highest BCUT2D eigenvalue weighted by molar-refractivity contribution is 6.77. The first-order valence-electron chi connectivity index (χ1n) is 26.7. The summed E-state index contributed by atoms with van der Waals surface area (Å²) in [6.45, 7) is 11.7. The molecule has 0 radical (unpaired) electrons. The largest absolute Gasteiger partial charge is 0.452 e. The smallest absolute Gasteiger partial charge is 0.408 e. The van der Waals surface area contributed by atoms with E-state index in [0.717, 1.165) is 39.9 Å². The van der Waals surface area contributed by atoms with Crippen molar-refractivity contribution in [3.05, 3.63) is 143 Å². The second kappa shape index (κ2) is 21.5. The topological polar surface area (TPSA) is 129 Å². The Labute approximate surface area is 432 Å². The molecule has 4 aromatic carbocycles. The van der Waals surface area contributed by atoms with Crippen molar-refractivity contribution in [2.45, 2.75) is 150 Å². The molecule has 10 atom stereocenters. The summed E-state index contributed by atoms with van der Waals surface area (Å²) < 4.78 is 56.9. The lowest BCUT2D eigenvalue weighted by molar-refractivity contribution is -0.184. The lowest BCUT2D eigenvalue weighted by Crippen LogP contribution is -2.72. The van der Waals surface area contributed by atoms with Crippen molar-refractivity contribution >= 4 is 40.3 Å². The van der Waals surface area contributed by atoms with E-state index in [4.69, 9.17) is 18.9 Å². The van der Waals surface area contributed by atoms with Crippen molar-refractivity contribution in [1.29, 1.82) is 0 Å². The van der Waals surface area contributed by atoms with Gasteiger partial charge < -0.3 is 29.6 Å². The van der Waals surface area contributed by atoms with Gasteiger partial charge in [-0.3, -0.25) is 4.79 Å². The van der Waals surface area contributed by atoms with Crippen LogP contribution in [0.1, 0.15) is 104 Å². The molecule has 10 nitrogen and oxygen atoms in total. The fraction of sp³-hybridized carbons (Fsp3) is 0.525. The molecule has 0 heterocycles. The van der Waals surface area contributed by atoms with Crippen LogP contribution in [-0.2, 0) is 34.6 Å². The third-order valence-corrected chi connectivity index (χ3v) is 21.3. The van der Waals surface area contributed by atoms with Gasteiger partial charge in [0.15, 0.2) is 12.2 Å². The summed E-state index contributed by atoms with van der Waals surface area (Å²) in [5, 5.41) is 5.98. The number of halogens is 2. The number of carbonyl (C=O) groups excluding carboxylic acids is 4. The van der Waals surface area contributed by atoms with Crippen LogP contribution >= 0.6 is 0 Å². The number of alkyl carbamates (subject to hydrolysis) is 2. The van der Waals surface area contributed by atoms with Gasteiger partial charge in [0.25, 0.3) is 0 Å². The second-order valence-electron chi connectivity index (χ2n) is 24.4. The van der Waals surface area contributed by atoms with Crippen molar-refractivity contribution in [1.82, 2.24) is 10.6 Å². The second-order valence-corrected chi connectivity index (χ2v) is 35.2. The van der Waals surface area contributed by atoms with Crippen LogP contribution in [0.25, 0.3) is 0 Å². The minimum atomic E-state index is -2.04. The van der Waals surface area contributed by atoms with Gasteiger partial charge in [-0.05, 0) is 122 Å². The van der Waals surface area contributed by atoms with E-state index in [1.54, 1.807) is 0 Å². The zero-order chi connectivity index (χ0) is 51.6. The number of alkyl halides is 2.